The van der Waals surface area contributed by atoms with Crippen molar-refractivity contribution in [2.24, 2.45) is 0 Å². The minimum Gasteiger partial charge on any atom is -0.269 e. The summed E-state index contributed by atoms with van der Waals surface area (Å²) in [6, 6.07) is 9.28. The molecule has 1 aromatic carbocycles. The Hall–Kier alpha value is -1.46. The van der Waals surface area contributed by atoms with Crippen molar-refractivity contribution in [2.75, 3.05) is 0 Å². The monoisotopic (exact) mass is 337 g/mol. The highest BCUT2D eigenvalue weighted by Crippen LogP contribution is 2.34. The van der Waals surface area contributed by atoms with Crippen molar-refractivity contribution in [3.63, 3.8) is 0 Å². The predicted molar refractivity (Wildman–Crippen MR) is 79.8 cm³/mol. The van der Waals surface area contributed by atoms with Gasteiger partial charge in [0.05, 0.1) is 5.69 Å². The van der Waals surface area contributed by atoms with E-state index in [0.29, 0.717) is 5.69 Å². The van der Waals surface area contributed by atoms with Crippen LogP contribution < -0.4 is 5.56 Å². The molecule has 19 heavy (non-hydrogen) atoms. The quantitative estimate of drug-likeness (QED) is 0.650. The van der Waals surface area contributed by atoms with E-state index in [0.717, 1.165) is 19.6 Å². The summed E-state index contributed by atoms with van der Waals surface area (Å²) < 4.78 is 15.6. The third kappa shape index (κ3) is 2.03. The zero-order valence-corrected chi connectivity index (χ0v) is 12.4. The van der Waals surface area contributed by atoms with Crippen LogP contribution in [-0.4, -0.2) is 4.57 Å². The summed E-state index contributed by atoms with van der Waals surface area (Å²) in [7, 11) is 0. The second-order valence-electron chi connectivity index (χ2n) is 4.17. The molecule has 0 unspecified atom stereocenters. The summed E-state index contributed by atoms with van der Waals surface area (Å²) in [4.78, 5) is 14.1. The van der Waals surface area contributed by atoms with Gasteiger partial charge in [-0.1, -0.05) is 0 Å². The van der Waals surface area contributed by atoms with E-state index in [1.807, 2.05) is 13.0 Å². The lowest BCUT2D eigenvalue weighted by Crippen LogP contribution is -2.16. The molecule has 0 saturated carbocycles. The van der Waals surface area contributed by atoms with E-state index in [1.54, 1.807) is 28.0 Å². The molecule has 0 aliphatic carbocycles. The van der Waals surface area contributed by atoms with Crippen LogP contribution in [0.5, 0.6) is 0 Å². The molecule has 0 aliphatic rings. The van der Waals surface area contributed by atoms with Gasteiger partial charge in [0, 0.05) is 20.8 Å². The number of halogens is 2. The Labute approximate surface area is 121 Å². The van der Waals surface area contributed by atoms with Crippen molar-refractivity contribution < 1.29 is 4.39 Å². The number of thiophene rings is 1. The standard InChI is InChI=1S/C14H9BrFNOS/c1-8-13(15)11-6-7-12(18)17(14(11)19-8)10-4-2-9(16)3-5-10/h2-7H,1H3. The fraction of sp³-hybridized carbons (Fsp3) is 0.0714. The van der Waals surface area contributed by atoms with E-state index < -0.39 is 0 Å². The van der Waals surface area contributed by atoms with Gasteiger partial charge in [0.1, 0.15) is 10.6 Å². The van der Waals surface area contributed by atoms with Crippen LogP contribution in [0.15, 0.2) is 45.7 Å². The fourth-order valence-electron chi connectivity index (χ4n) is 2.00. The molecule has 96 valence electrons. The van der Waals surface area contributed by atoms with Gasteiger partial charge in [-0.15, -0.1) is 11.3 Å². The summed E-state index contributed by atoms with van der Waals surface area (Å²) in [5.74, 6) is -0.312. The summed E-state index contributed by atoms with van der Waals surface area (Å²) in [5, 5.41) is 0.992. The second kappa shape index (κ2) is 4.58. The van der Waals surface area contributed by atoms with Crippen LogP contribution in [0, 0.1) is 12.7 Å². The van der Waals surface area contributed by atoms with E-state index >= 15 is 0 Å². The van der Waals surface area contributed by atoms with E-state index in [-0.39, 0.29) is 11.4 Å². The Balaban J connectivity index is 2.39. The van der Waals surface area contributed by atoms with E-state index in [2.05, 4.69) is 15.9 Å². The summed E-state index contributed by atoms with van der Waals surface area (Å²) >= 11 is 5.07. The van der Waals surface area contributed by atoms with Gasteiger partial charge < -0.3 is 0 Å². The van der Waals surface area contributed by atoms with E-state index in [1.165, 1.54) is 18.2 Å². The van der Waals surface area contributed by atoms with Crippen molar-refractivity contribution in [2.45, 2.75) is 6.92 Å². The SMILES string of the molecule is Cc1sc2c(ccc(=O)n2-c2ccc(F)cc2)c1Br. The lowest BCUT2D eigenvalue weighted by atomic mass is 10.2. The molecule has 0 saturated heterocycles. The molecule has 2 heterocycles. The van der Waals surface area contributed by atoms with Crippen LogP contribution in [0.25, 0.3) is 15.9 Å². The molecule has 0 atom stereocenters. The number of pyridine rings is 1. The fourth-order valence-corrected chi connectivity index (χ4v) is 3.75. The number of fused-ring (bicyclic) bond motifs is 1. The van der Waals surface area contributed by atoms with Gasteiger partial charge in [0.15, 0.2) is 0 Å². The number of hydrogen-bond acceptors (Lipinski definition) is 2. The predicted octanol–water partition coefficient (Wildman–Crippen LogP) is 4.26. The smallest absolute Gasteiger partial charge is 0.256 e. The van der Waals surface area contributed by atoms with Crippen LogP contribution in [0.1, 0.15) is 4.88 Å². The Kier molecular flexibility index (Phi) is 3.03. The molecule has 5 heteroatoms. The van der Waals surface area contributed by atoms with Crippen molar-refractivity contribution in [3.8, 4) is 5.69 Å². The Morgan fingerprint density at radius 1 is 1.16 bits per heavy atom. The zero-order chi connectivity index (χ0) is 13.6. The molecule has 0 radical (unpaired) electrons. The van der Waals surface area contributed by atoms with Gasteiger partial charge in [-0.25, -0.2) is 4.39 Å². The topological polar surface area (TPSA) is 22.0 Å². The molecular formula is C14H9BrFNOS. The number of aryl methyl sites for hydroxylation is 1. The highest BCUT2D eigenvalue weighted by Gasteiger charge is 2.12. The largest absolute Gasteiger partial charge is 0.269 e. The van der Waals surface area contributed by atoms with Crippen molar-refractivity contribution in [3.05, 3.63) is 61.9 Å². The molecule has 0 spiro atoms. The molecule has 2 aromatic heterocycles. The molecule has 0 fully saturated rings. The third-order valence-electron chi connectivity index (χ3n) is 2.93. The zero-order valence-electron chi connectivity index (χ0n) is 9.98. The van der Waals surface area contributed by atoms with E-state index in [9.17, 15) is 9.18 Å². The maximum Gasteiger partial charge on any atom is 0.256 e. The van der Waals surface area contributed by atoms with Gasteiger partial charge in [-0.05, 0) is 53.2 Å². The van der Waals surface area contributed by atoms with Gasteiger partial charge in [0.25, 0.3) is 5.56 Å². The van der Waals surface area contributed by atoms with Crippen LogP contribution in [0.3, 0.4) is 0 Å². The Bertz CT molecular complexity index is 820. The highest BCUT2D eigenvalue weighted by molar-refractivity contribution is 9.10. The molecule has 3 aromatic rings. The molecule has 0 aliphatic heterocycles. The van der Waals surface area contributed by atoms with Gasteiger partial charge >= 0.3 is 0 Å². The number of nitrogens with zero attached hydrogens (tertiary/aromatic N) is 1. The number of hydrogen-bond donors (Lipinski definition) is 0. The first-order chi connectivity index (χ1) is 9.08. The van der Waals surface area contributed by atoms with Crippen LogP contribution >= 0.6 is 27.3 Å². The van der Waals surface area contributed by atoms with Crippen molar-refractivity contribution >= 4 is 37.5 Å². The summed E-state index contributed by atoms with van der Waals surface area (Å²) in [6.45, 7) is 1.99. The molecule has 0 N–H and O–H groups in total. The first kappa shape index (κ1) is 12.6. The number of benzene rings is 1. The second-order valence-corrected chi connectivity index (χ2v) is 6.17. The number of aromatic nitrogens is 1. The summed E-state index contributed by atoms with van der Waals surface area (Å²) in [6.07, 6.45) is 0. The first-order valence-electron chi connectivity index (χ1n) is 5.64. The van der Waals surface area contributed by atoms with Crippen molar-refractivity contribution in [1.29, 1.82) is 0 Å². The minimum absolute atomic E-state index is 0.118. The maximum absolute atomic E-state index is 13.0. The maximum atomic E-state index is 13.0. The lowest BCUT2D eigenvalue weighted by molar-refractivity contribution is 0.627. The summed E-state index contributed by atoms with van der Waals surface area (Å²) in [5.41, 5.74) is 0.554. The minimum atomic E-state index is -0.312. The lowest BCUT2D eigenvalue weighted by Gasteiger charge is -2.06. The normalized spacial score (nSPS) is 11.1. The van der Waals surface area contributed by atoms with Crippen LogP contribution in [-0.2, 0) is 0 Å². The molecule has 0 amide bonds. The highest BCUT2D eigenvalue weighted by atomic mass is 79.9. The van der Waals surface area contributed by atoms with Crippen LogP contribution in [0.2, 0.25) is 0 Å². The molecule has 0 bridgehead atoms. The van der Waals surface area contributed by atoms with Gasteiger partial charge in [0.2, 0.25) is 0 Å². The molecule has 3 rings (SSSR count). The van der Waals surface area contributed by atoms with E-state index in [4.69, 9.17) is 0 Å². The third-order valence-corrected chi connectivity index (χ3v) is 5.32. The molecule has 2 nitrogen and oxygen atoms in total. The van der Waals surface area contributed by atoms with Gasteiger partial charge in [-0.3, -0.25) is 9.36 Å². The average Bonchev–Trinajstić information content (AvgIpc) is 2.67. The Morgan fingerprint density at radius 3 is 2.53 bits per heavy atom. The van der Waals surface area contributed by atoms with Gasteiger partial charge in [-0.2, -0.15) is 0 Å². The van der Waals surface area contributed by atoms with Crippen molar-refractivity contribution in [1.82, 2.24) is 4.57 Å². The molecular weight excluding hydrogens is 329 g/mol. The average molecular weight is 338 g/mol. The van der Waals surface area contributed by atoms with Crippen LogP contribution in [0.4, 0.5) is 4.39 Å². The Morgan fingerprint density at radius 2 is 1.84 bits per heavy atom. The first-order valence-corrected chi connectivity index (χ1v) is 7.25. The number of rotatable bonds is 1.